The fourth-order valence-corrected chi connectivity index (χ4v) is 3.31. The van der Waals surface area contributed by atoms with E-state index in [1.54, 1.807) is 0 Å². The molecule has 2 aliphatic rings. The van der Waals surface area contributed by atoms with E-state index in [-0.39, 0.29) is 0 Å². The summed E-state index contributed by atoms with van der Waals surface area (Å²) < 4.78 is 7.39. The molecule has 4 nitrogen and oxygen atoms in total. The first-order chi connectivity index (χ1) is 10.1. The lowest BCUT2D eigenvalue weighted by Gasteiger charge is -2.30. The van der Waals surface area contributed by atoms with E-state index < -0.39 is 0 Å². The molecule has 0 N–H and O–H groups in total. The molecule has 0 radical (unpaired) electrons. The first kappa shape index (κ1) is 12.9. The minimum Gasteiger partial charge on any atom is -0.377 e. The Labute approximate surface area is 125 Å². The molecular weight excluding hydrogens is 262 g/mol. The third-order valence-electron chi connectivity index (χ3n) is 4.54. The van der Waals surface area contributed by atoms with Crippen molar-refractivity contribution >= 4 is 5.69 Å². The molecule has 1 saturated heterocycles. The van der Waals surface area contributed by atoms with Crippen molar-refractivity contribution in [2.45, 2.75) is 32.4 Å². The molecule has 4 heteroatoms. The van der Waals surface area contributed by atoms with E-state index in [1.807, 2.05) is 0 Å². The predicted molar refractivity (Wildman–Crippen MR) is 83.7 cm³/mol. The lowest BCUT2D eigenvalue weighted by Crippen LogP contribution is -2.30. The normalized spacial score (nSPS) is 17.6. The van der Waals surface area contributed by atoms with Crippen LogP contribution in [0.1, 0.15) is 36.9 Å². The van der Waals surface area contributed by atoms with Crippen LogP contribution >= 0.6 is 0 Å². The van der Waals surface area contributed by atoms with Gasteiger partial charge in [-0.1, -0.05) is 32.0 Å². The summed E-state index contributed by atoms with van der Waals surface area (Å²) in [6, 6.07) is 7.01. The van der Waals surface area contributed by atoms with Gasteiger partial charge in [0.1, 0.15) is 0 Å². The summed E-state index contributed by atoms with van der Waals surface area (Å²) in [5.41, 5.74) is 6.48. The van der Waals surface area contributed by atoms with Crippen LogP contribution in [0, 0.1) is 0 Å². The maximum Gasteiger partial charge on any atom is 0.0994 e. The highest BCUT2D eigenvalue weighted by Crippen LogP contribution is 2.42. The van der Waals surface area contributed by atoms with Crippen LogP contribution in [0.3, 0.4) is 0 Å². The highest BCUT2D eigenvalue weighted by atomic mass is 16.5. The second-order valence-electron chi connectivity index (χ2n) is 6.43. The first-order valence-corrected chi connectivity index (χ1v) is 7.65. The van der Waals surface area contributed by atoms with Crippen molar-refractivity contribution in [3.63, 3.8) is 0 Å². The average molecular weight is 283 g/mol. The zero-order chi connectivity index (χ0) is 14.6. The van der Waals surface area contributed by atoms with Gasteiger partial charge >= 0.3 is 0 Å². The highest BCUT2D eigenvalue weighted by molar-refractivity contribution is 5.83. The van der Waals surface area contributed by atoms with Crippen molar-refractivity contribution < 1.29 is 4.74 Å². The van der Waals surface area contributed by atoms with Gasteiger partial charge in [0, 0.05) is 36.6 Å². The van der Waals surface area contributed by atoms with Crippen LogP contribution in [-0.4, -0.2) is 30.0 Å². The smallest absolute Gasteiger partial charge is 0.0994 e. The largest absolute Gasteiger partial charge is 0.377 e. The number of para-hydroxylation sites is 1. The molecular formula is C17H21N3O. The van der Waals surface area contributed by atoms with E-state index in [0.717, 1.165) is 25.5 Å². The minimum atomic E-state index is 0.414. The Morgan fingerprint density at radius 3 is 2.76 bits per heavy atom. The zero-order valence-electron chi connectivity index (χ0n) is 12.8. The third kappa shape index (κ3) is 1.89. The van der Waals surface area contributed by atoms with Crippen LogP contribution in [0.4, 0.5) is 5.69 Å². The van der Waals surface area contributed by atoms with Crippen molar-refractivity contribution in [2.75, 3.05) is 25.2 Å². The molecule has 110 valence electrons. The Balaban J connectivity index is 1.86. The molecule has 1 aromatic carbocycles. The molecule has 0 aliphatic carbocycles. The molecule has 1 aromatic heterocycles. The van der Waals surface area contributed by atoms with Gasteiger partial charge in [0.2, 0.25) is 0 Å². The maximum absolute atomic E-state index is 5.29. The summed E-state index contributed by atoms with van der Waals surface area (Å²) in [5, 5.41) is 4.86. The number of nitrogens with zero attached hydrogens (tertiary/aromatic N) is 3. The SMILES string of the molecule is CC(C)c1cccc2c1N(C)Cc1cn(C3COC3)nc1-2. The van der Waals surface area contributed by atoms with E-state index in [2.05, 4.69) is 54.9 Å². The molecule has 2 aromatic rings. The van der Waals surface area contributed by atoms with Crippen molar-refractivity contribution in [3.05, 3.63) is 35.5 Å². The summed E-state index contributed by atoms with van der Waals surface area (Å²) in [6.45, 7) is 7.01. The molecule has 0 bridgehead atoms. The first-order valence-electron chi connectivity index (χ1n) is 7.65. The molecule has 0 saturated carbocycles. The second kappa shape index (κ2) is 4.60. The molecule has 1 fully saturated rings. The number of benzene rings is 1. The number of rotatable bonds is 2. The summed E-state index contributed by atoms with van der Waals surface area (Å²) >= 11 is 0. The van der Waals surface area contributed by atoms with Crippen LogP contribution < -0.4 is 4.90 Å². The summed E-state index contributed by atoms with van der Waals surface area (Å²) in [6.07, 6.45) is 2.20. The van der Waals surface area contributed by atoms with Crippen LogP contribution in [0.15, 0.2) is 24.4 Å². The van der Waals surface area contributed by atoms with Crippen molar-refractivity contribution in [1.82, 2.24) is 9.78 Å². The Bertz CT molecular complexity index is 685. The number of anilines is 1. The molecule has 3 heterocycles. The summed E-state index contributed by atoms with van der Waals surface area (Å²) in [4.78, 5) is 2.36. The van der Waals surface area contributed by atoms with E-state index in [9.17, 15) is 0 Å². The molecule has 0 atom stereocenters. The Hall–Kier alpha value is -1.81. The van der Waals surface area contributed by atoms with Gasteiger partial charge in [0.05, 0.1) is 24.9 Å². The van der Waals surface area contributed by atoms with Crippen molar-refractivity contribution in [2.24, 2.45) is 0 Å². The highest BCUT2D eigenvalue weighted by Gasteiger charge is 2.29. The number of fused-ring (bicyclic) bond motifs is 3. The predicted octanol–water partition coefficient (Wildman–Crippen LogP) is 3.19. The zero-order valence-corrected chi connectivity index (χ0v) is 12.8. The molecule has 2 aliphatic heterocycles. The van der Waals surface area contributed by atoms with E-state index >= 15 is 0 Å². The molecule has 4 rings (SSSR count). The van der Waals surface area contributed by atoms with Crippen LogP contribution in [-0.2, 0) is 11.3 Å². The van der Waals surface area contributed by atoms with Gasteiger partial charge in [-0.25, -0.2) is 0 Å². The molecule has 21 heavy (non-hydrogen) atoms. The van der Waals surface area contributed by atoms with Gasteiger partial charge in [0.25, 0.3) is 0 Å². The van der Waals surface area contributed by atoms with Gasteiger partial charge in [0.15, 0.2) is 0 Å². The minimum absolute atomic E-state index is 0.414. The average Bonchev–Trinajstić information content (AvgIpc) is 2.79. The number of hydrogen-bond donors (Lipinski definition) is 0. The number of hydrogen-bond acceptors (Lipinski definition) is 3. The van der Waals surface area contributed by atoms with Gasteiger partial charge in [-0.2, -0.15) is 5.10 Å². The van der Waals surface area contributed by atoms with E-state index in [0.29, 0.717) is 12.0 Å². The Kier molecular flexibility index (Phi) is 2.82. The summed E-state index contributed by atoms with van der Waals surface area (Å²) in [7, 11) is 2.18. The van der Waals surface area contributed by atoms with Gasteiger partial charge in [-0.3, -0.25) is 4.68 Å². The van der Waals surface area contributed by atoms with Crippen molar-refractivity contribution in [1.29, 1.82) is 0 Å². The topological polar surface area (TPSA) is 30.3 Å². The lowest BCUT2D eigenvalue weighted by atomic mass is 9.92. The second-order valence-corrected chi connectivity index (χ2v) is 6.43. The van der Waals surface area contributed by atoms with E-state index in [4.69, 9.17) is 9.84 Å². The quantitative estimate of drug-likeness (QED) is 0.848. The van der Waals surface area contributed by atoms with Gasteiger partial charge < -0.3 is 9.64 Å². The van der Waals surface area contributed by atoms with Gasteiger partial charge in [-0.05, 0) is 11.5 Å². The molecule has 0 spiro atoms. The Morgan fingerprint density at radius 2 is 2.10 bits per heavy atom. The van der Waals surface area contributed by atoms with Crippen LogP contribution in [0.25, 0.3) is 11.3 Å². The number of aromatic nitrogens is 2. The van der Waals surface area contributed by atoms with Gasteiger partial charge in [-0.15, -0.1) is 0 Å². The monoisotopic (exact) mass is 283 g/mol. The number of ether oxygens (including phenoxy) is 1. The Morgan fingerprint density at radius 1 is 1.29 bits per heavy atom. The lowest BCUT2D eigenvalue weighted by molar-refractivity contribution is -0.0285. The molecule has 0 unspecified atom stereocenters. The van der Waals surface area contributed by atoms with Crippen LogP contribution in [0.5, 0.6) is 0 Å². The third-order valence-corrected chi connectivity index (χ3v) is 4.54. The van der Waals surface area contributed by atoms with Crippen molar-refractivity contribution in [3.8, 4) is 11.3 Å². The fraction of sp³-hybridized carbons (Fsp3) is 0.471. The summed E-state index contributed by atoms with van der Waals surface area (Å²) in [5.74, 6) is 0.520. The standard InChI is InChI=1S/C17H21N3O/c1-11(2)14-5-4-6-15-16-12(7-19(3)17(14)15)8-20(18-16)13-9-21-10-13/h4-6,8,11,13H,7,9-10H2,1-3H3. The van der Waals surface area contributed by atoms with Crippen LogP contribution in [0.2, 0.25) is 0 Å². The fourth-order valence-electron chi connectivity index (χ4n) is 3.31. The molecule has 0 amide bonds. The maximum atomic E-state index is 5.29. The van der Waals surface area contributed by atoms with E-state index in [1.165, 1.54) is 22.4 Å².